The largest absolute Gasteiger partial charge is 0.493 e. The van der Waals surface area contributed by atoms with E-state index in [0.29, 0.717) is 5.41 Å². The van der Waals surface area contributed by atoms with Crippen LogP contribution in [0.2, 0.25) is 0 Å². The highest BCUT2D eigenvalue weighted by molar-refractivity contribution is 5.46. The summed E-state index contributed by atoms with van der Waals surface area (Å²) >= 11 is 0. The van der Waals surface area contributed by atoms with Gasteiger partial charge in [0.2, 0.25) is 0 Å². The van der Waals surface area contributed by atoms with Crippen LogP contribution >= 0.6 is 0 Å². The summed E-state index contributed by atoms with van der Waals surface area (Å²) in [6.45, 7) is 2.02. The van der Waals surface area contributed by atoms with Crippen molar-refractivity contribution in [2.24, 2.45) is 5.92 Å². The third-order valence-electron chi connectivity index (χ3n) is 3.91. The second-order valence-corrected chi connectivity index (χ2v) is 4.71. The van der Waals surface area contributed by atoms with Crippen molar-refractivity contribution >= 4 is 0 Å². The molecule has 1 fully saturated rings. The maximum Gasteiger partial charge on any atom is 0.123 e. The van der Waals surface area contributed by atoms with E-state index in [9.17, 15) is 0 Å². The summed E-state index contributed by atoms with van der Waals surface area (Å²) < 4.78 is 5.71. The van der Waals surface area contributed by atoms with Crippen LogP contribution in [0, 0.1) is 5.92 Å². The highest BCUT2D eigenvalue weighted by Gasteiger charge is 2.56. The Morgan fingerprint density at radius 1 is 1.47 bits per heavy atom. The number of hydrogen-bond acceptors (Lipinski definition) is 2. The quantitative estimate of drug-likeness (QED) is 0.793. The van der Waals surface area contributed by atoms with Crippen molar-refractivity contribution in [2.75, 3.05) is 20.2 Å². The molecule has 0 saturated heterocycles. The summed E-state index contributed by atoms with van der Waals surface area (Å²) in [5.74, 6) is 1.93. The van der Waals surface area contributed by atoms with Crippen LogP contribution in [0.4, 0.5) is 0 Å². The van der Waals surface area contributed by atoms with E-state index in [-0.39, 0.29) is 0 Å². The zero-order valence-electron chi connectivity index (χ0n) is 9.12. The first-order valence-electron chi connectivity index (χ1n) is 5.74. The molecular formula is C13H17NO. The normalized spacial score (nSPS) is 32.2. The monoisotopic (exact) mass is 203 g/mol. The van der Waals surface area contributed by atoms with Crippen LogP contribution in [0.25, 0.3) is 0 Å². The van der Waals surface area contributed by atoms with Crippen molar-refractivity contribution in [3.8, 4) is 5.75 Å². The number of hydrogen-bond donors (Lipinski definition) is 1. The molecule has 1 N–H and O–H groups in total. The van der Waals surface area contributed by atoms with Crippen molar-refractivity contribution in [3.63, 3.8) is 0 Å². The van der Waals surface area contributed by atoms with Crippen LogP contribution < -0.4 is 10.1 Å². The van der Waals surface area contributed by atoms with Crippen LogP contribution in [0.15, 0.2) is 24.3 Å². The molecule has 1 spiro atoms. The third kappa shape index (κ3) is 1.28. The average molecular weight is 203 g/mol. The lowest BCUT2D eigenvalue weighted by Gasteiger charge is -2.27. The average Bonchev–Trinajstić information content (AvgIpc) is 2.94. The number of benzene rings is 1. The number of para-hydroxylation sites is 1. The summed E-state index contributed by atoms with van der Waals surface area (Å²) in [5, 5.41) is 3.29. The van der Waals surface area contributed by atoms with Crippen molar-refractivity contribution in [1.82, 2.24) is 5.32 Å². The molecule has 1 aromatic carbocycles. The van der Waals surface area contributed by atoms with Crippen LogP contribution in [0.3, 0.4) is 0 Å². The minimum absolute atomic E-state index is 0.442. The molecule has 2 nitrogen and oxygen atoms in total. The fraction of sp³-hybridized carbons (Fsp3) is 0.538. The molecule has 0 bridgehead atoms. The maximum absolute atomic E-state index is 5.71. The molecule has 0 aromatic heterocycles. The molecular weight excluding hydrogens is 186 g/mol. The number of nitrogens with one attached hydrogen (secondary N) is 1. The lowest BCUT2D eigenvalue weighted by Crippen LogP contribution is -2.24. The summed E-state index contributed by atoms with van der Waals surface area (Å²) in [6.07, 6.45) is 2.52. The minimum atomic E-state index is 0.442. The molecule has 0 radical (unpaired) electrons. The van der Waals surface area contributed by atoms with Crippen molar-refractivity contribution < 1.29 is 4.74 Å². The number of rotatable bonds is 2. The Morgan fingerprint density at radius 2 is 2.33 bits per heavy atom. The molecule has 0 amide bonds. The van der Waals surface area contributed by atoms with E-state index in [4.69, 9.17) is 4.74 Å². The van der Waals surface area contributed by atoms with E-state index in [2.05, 4.69) is 29.6 Å². The van der Waals surface area contributed by atoms with E-state index in [1.54, 1.807) is 0 Å². The van der Waals surface area contributed by atoms with Crippen molar-refractivity contribution in [2.45, 2.75) is 18.3 Å². The van der Waals surface area contributed by atoms with Crippen molar-refractivity contribution in [3.05, 3.63) is 29.8 Å². The Hall–Kier alpha value is -1.02. The standard InChI is InChI=1S/C13H17NO/c1-14-9-10-8-13(10)6-7-15-12-5-3-2-4-11(12)13/h2-5,10,14H,6-9H2,1H3/t10-,13+/m1/s1. The molecule has 1 saturated carbocycles. The molecule has 2 aliphatic rings. The molecule has 1 aromatic rings. The Kier molecular flexibility index (Phi) is 1.99. The summed E-state index contributed by atoms with van der Waals surface area (Å²) in [4.78, 5) is 0. The topological polar surface area (TPSA) is 21.3 Å². The molecule has 3 rings (SSSR count). The van der Waals surface area contributed by atoms with E-state index in [0.717, 1.165) is 24.8 Å². The molecule has 15 heavy (non-hydrogen) atoms. The first kappa shape index (κ1) is 9.22. The van der Waals surface area contributed by atoms with Crippen LogP contribution in [-0.2, 0) is 5.41 Å². The Morgan fingerprint density at radius 3 is 3.20 bits per heavy atom. The fourth-order valence-electron chi connectivity index (χ4n) is 3.01. The first-order valence-corrected chi connectivity index (χ1v) is 5.74. The summed E-state index contributed by atoms with van der Waals surface area (Å²) in [6, 6.07) is 8.53. The molecule has 2 atom stereocenters. The molecule has 80 valence electrons. The van der Waals surface area contributed by atoms with Gasteiger partial charge in [-0.2, -0.15) is 0 Å². The highest BCUT2D eigenvalue weighted by atomic mass is 16.5. The van der Waals surface area contributed by atoms with E-state index in [1.165, 1.54) is 18.4 Å². The predicted octanol–water partition coefficient (Wildman–Crippen LogP) is 1.95. The molecule has 2 heteroatoms. The zero-order valence-corrected chi connectivity index (χ0v) is 9.12. The molecule has 1 aliphatic carbocycles. The van der Waals surface area contributed by atoms with Gasteiger partial charge in [-0.3, -0.25) is 0 Å². The van der Waals surface area contributed by atoms with E-state index in [1.807, 2.05) is 7.05 Å². The van der Waals surface area contributed by atoms with Gasteiger partial charge in [0, 0.05) is 11.0 Å². The SMILES string of the molecule is CNC[C@H]1C[C@@]12CCOc1ccccc12. The van der Waals surface area contributed by atoms with Gasteiger partial charge in [0.05, 0.1) is 6.61 Å². The number of fused-ring (bicyclic) bond motifs is 2. The predicted molar refractivity (Wildman–Crippen MR) is 60.3 cm³/mol. The van der Waals surface area contributed by atoms with Gasteiger partial charge in [0.25, 0.3) is 0 Å². The van der Waals surface area contributed by atoms with Gasteiger partial charge < -0.3 is 10.1 Å². The summed E-state index contributed by atoms with van der Waals surface area (Å²) in [5.41, 5.74) is 1.88. The van der Waals surface area contributed by atoms with Crippen molar-refractivity contribution in [1.29, 1.82) is 0 Å². The fourth-order valence-corrected chi connectivity index (χ4v) is 3.01. The summed E-state index contributed by atoms with van der Waals surface area (Å²) in [7, 11) is 2.04. The van der Waals surface area contributed by atoms with Crippen LogP contribution in [-0.4, -0.2) is 20.2 Å². The third-order valence-corrected chi connectivity index (χ3v) is 3.91. The van der Waals surface area contributed by atoms with Gasteiger partial charge in [0.1, 0.15) is 5.75 Å². The molecule has 0 unspecified atom stereocenters. The smallest absolute Gasteiger partial charge is 0.123 e. The van der Waals surface area contributed by atoms with Gasteiger partial charge in [-0.05, 0) is 38.4 Å². The van der Waals surface area contributed by atoms with Crippen LogP contribution in [0.5, 0.6) is 5.75 Å². The van der Waals surface area contributed by atoms with Gasteiger partial charge in [0.15, 0.2) is 0 Å². The second-order valence-electron chi connectivity index (χ2n) is 4.71. The molecule has 1 heterocycles. The van der Waals surface area contributed by atoms with Gasteiger partial charge in [-0.25, -0.2) is 0 Å². The van der Waals surface area contributed by atoms with Crippen LogP contribution in [0.1, 0.15) is 18.4 Å². The van der Waals surface area contributed by atoms with E-state index < -0.39 is 0 Å². The van der Waals surface area contributed by atoms with Gasteiger partial charge in [-0.1, -0.05) is 18.2 Å². The van der Waals surface area contributed by atoms with Gasteiger partial charge >= 0.3 is 0 Å². The van der Waals surface area contributed by atoms with E-state index >= 15 is 0 Å². The Bertz CT molecular complexity index is 377. The Balaban J connectivity index is 1.94. The zero-order chi connectivity index (χ0) is 10.3. The second kappa shape index (κ2) is 3.24. The maximum atomic E-state index is 5.71. The lowest BCUT2D eigenvalue weighted by atomic mass is 9.87. The van der Waals surface area contributed by atoms with Gasteiger partial charge in [-0.15, -0.1) is 0 Å². The number of ether oxygens (including phenoxy) is 1. The molecule has 1 aliphatic heterocycles. The minimum Gasteiger partial charge on any atom is -0.493 e. The Labute approximate surface area is 90.6 Å². The lowest BCUT2D eigenvalue weighted by molar-refractivity contribution is 0.253. The first-order chi connectivity index (χ1) is 7.37. The highest BCUT2D eigenvalue weighted by Crippen LogP contribution is 2.60.